The van der Waals surface area contributed by atoms with Gasteiger partial charge < -0.3 is 5.32 Å². The van der Waals surface area contributed by atoms with Gasteiger partial charge in [0, 0.05) is 10.7 Å². The number of amides is 1. The van der Waals surface area contributed by atoms with Gasteiger partial charge in [-0.05, 0) is 42.5 Å². The third kappa shape index (κ3) is 1.50. The van der Waals surface area contributed by atoms with Crippen LogP contribution in [0, 0.1) is 5.92 Å². The Kier molecular flexibility index (Phi) is 2.44. The first-order valence-corrected chi connectivity index (χ1v) is 6.67. The zero-order valence-electron chi connectivity index (χ0n) is 9.92. The minimum atomic E-state index is -0.241. The molecule has 1 heterocycles. The number of fused-ring (bicyclic) bond motifs is 2. The van der Waals surface area contributed by atoms with Crippen LogP contribution in [0.1, 0.15) is 38.2 Å². The molecule has 0 saturated heterocycles. The monoisotopic (exact) mass is 249 g/mol. The van der Waals surface area contributed by atoms with E-state index in [4.69, 9.17) is 11.6 Å². The number of halogens is 1. The molecule has 2 aliphatic rings. The van der Waals surface area contributed by atoms with Crippen LogP contribution in [-0.2, 0) is 10.2 Å². The fourth-order valence-corrected chi connectivity index (χ4v) is 3.26. The zero-order valence-corrected chi connectivity index (χ0v) is 10.7. The summed E-state index contributed by atoms with van der Waals surface area (Å²) in [5, 5.41) is 3.71. The van der Waals surface area contributed by atoms with Crippen LogP contribution < -0.4 is 5.32 Å². The molecule has 1 N–H and O–H groups in total. The molecular formula is C14H16ClNO. The molecule has 90 valence electrons. The van der Waals surface area contributed by atoms with Gasteiger partial charge in [0.1, 0.15) is 0 Å². The Balaban J connectivity index is 1.93. The van der Waals surface area contributed by atoms with Crippen molar-refractivity contribution in [1.29, 1.82) is 0 Å². The fraction of sp³-hybridized carbons (Fsp3) is 0.500. The number of hydrogen-bond acceptors (Lipinski definition) is 1. The Hall–Kier alpha value is -1.02. The van der Waals surface area contributed by atoms with E-state index in [0.29, 0.717) is 5.92 Å². The number of carbonyl (C=O) groups excluding carboxylic acids is 1. The maximum atomic E-state index is 12.1. The van der Waals surface area contributed by atoms with Gasteiger partial charge >= 0.3 is 0 Å². The second kappa shape index (κ2) is 3.74. The third-order valence-corrected chi connectivity index (χ3v) is 4.36. The Morgan fingerprint density at radius 1 is 1.53 bits per heavy atom. The molecule has 3 rings (SSSR count). The lowest BCUT2D eigenvalue weighted by Crippen LogP contribution is -2.21. The average Bonchev–Trinajstić information content (AvgIpc) is 2.97. The SMILES string of the molecule is CCCCC1CC12C(=O)Nc1ccc(Cl)cc12. The lowest BCUT2D eigenvalue weighted by Gasteiger charge is -2.08. The highest BCUT2D eigenvalue weighted by Crippen LogP contribution is 2.61. The van der Waals surface area contributed by atoms with Crippen LogP contribution in [0.25, 0.3) is 0 Å². The quantitative estimate of drug-likeness (QED) is 0.869. The summed E-state index contributed by atoms with van der Waals surface area (Å²) in [4.78, 5) is 12.1. The van der Waals surface area contributed by atoms with E-state index < -0.39 is 0 Å². The van der Waals surface area contributed by atoms with Crippen molar-refractivity contribution in [3.8, 4) is 0 Å². The number of carbonyl (C=O) groups is 1. The molecule has 0 bridgehead atoms. The average molecular weight is 250 g/mol. The van der Waals surface area contributed by atoms with E-state index in [1.165, 1.54) is 12.8 Å². The van der Waals surface area contributed by atoms with E-state index in [1.807, 2.05) is 18.2 Å². The number of rotatable bonds is 3. The van der Waals surface area contributed by atoms with E-state index in [9.17, 15) is 4.79 Å². The van der Waals surface area contributed by atoms with Crippen molar-refractivity contribution in [2.75, 3.05) is 5.32 Å². The maximum Gasteiger partial charge on any atom is 0.235 e. The molecule has 1 amide bonds. The molecule has 2 atom stereocenters. The number of anilines is 1. The summed E-state index contributed by atoms with van der Waals surface area (Å²) in [5.41, 5.74) is 1.84. The van der Waals surface area contributed by atoms with Gasteiger partial charge in [0.2, 0.25) is 5.91 Å². The van der Waals surface area contributed by atoms with Crippen LogP contribution in [-0.4, -0.2) is 5.91 Å². The lowest BCUT2D eigenvalue weighted by atomic mass is 9.93. The number of benzene rings is 1. The lowest BCUT2D eigenvalue weighted by molar-refractivity contribution is -0.118. The Bertz CT molecular complexity index is 485. The summed E-state index contributed by atoms with van der Waals surface area (Å²) in [6.45, 7) is 2.19. The van der Waals surface area contributed by atoms with Gasteiger partial charge in [0.15, 0.2) is 0 Å². The van der Waals surface area contributed by atoms with Crippen LogP contribution in [0.2, 0.25) is 5.02 Å². The summed E-state index contributed by atoms with van der Waals surface area (Å²) < 4.78 is 0. The van der Waals surface area contributed by atoms with E-state index in [-0.39, 0.29) is 11.3 Å². The van der Waals surface area contributed by atoms with E-state index in [1.54, 1.807) is 0 Å². The molecular weight excluding hydrogens is 234 g/mol. The van der Waals surface area contributed by atoms with Crippen LogP contribution in [0.4, 0.5) is 5.69 Å². The molecule has 1 saturated carbocycles. The maximum absolute atomic E-state index is 12.1. The predicted molar refractivity (Wildman–Crippen MR) is 69.4 cm³/mol. The van der Waals surface area contributed by atoms with E-state index in [0.717, 1.165) is 29.1 Å². The largest absolute Gasteiger partial charge is 0.325 e. The molecule has 2 nitrogen and oxygen atoms in total. The van der Waals surface area contributed by atoms with Crippen molar-refractivity contribution >= 4 is 23.2 Å². The molecule has 0 radical (unpaired) electrons. The fourth-order valence-electron chi connectivity index (χ4n) is 3.09. The first-order valence-electron chi connectivity index (χ1n) is 6.30. The Labute approximate surface area is 106 Å². The predicted octanol–water partition coefficient (Wildman–Crippen LogP) is 3.74. The van der Waals surface area contributed by atoms with E-state index >= 15 is 0 Å². The molecule has 3 heteroatoms. The first-order chi connectivity index (χ1) is 8.18. The number of nitrogens with one attached hydrogen (secondary N) is 1. The van der Waals surface area contributed by atoms with Crippen LogP contribution in [0.5, 0.6) is 0 Å². The van der Waals surface area contributed by atoms with E-state index in [2.05, 4.69) is 12.2 Å². The first kappa shape index (κ1) is 11.1. The van der Waals surface area contributed by atoms with Crippen LogP contribution >= 0.6 is 11.6 Å². The Morgan fingerprint density at radius 2 is 2.35 bits per heavy atom. The molecule has 2 unspecified atom stereocenters. The van der Waals surface area contributed by atoms with Crippen molar-refractivity contribution in [3.05, 3.63) is 28.8 Å². The molecule has 0 aromatic heterocycles. The van der Waals surface area contributed by atoms with Gasteiger partial charge in [-0.25, -0.2) is 0 Å². The van der Waals surface area contributed by atoms with Crippen molar-refractivity contribution < 1.29 is 4.79 Å². The summed E-state index contributed by atoms with van der Waals surface area (Å²) in [6.07, 6.45) is 4.54. The van der Waals surface area contributed by atoms with Crippen LogP contribution in [0.3, 0.4) is 0 Å². The molecule has 17 heavy (non-hydrogen) atoms. The second-order valence-electron chi connectivity index (χ2n) is 5.16. The van der Waals surface area contributed by atoms with Crippen molar-refractivity contribution in [2.45, 2.75) is 38.0 Å². The molecule has 1 aromatic carbocycles. The van der Waals surface area contributed by atoms with Gasteiger partial charge in [0.05, 0.1) is 5.41 Å². The topological polar surface area (TPSA) is 29.1 Å². The highest BCUT2D eigenvalue weighted by Gasteiger charge is 2.63. The van der Waals surface area contributed by atoms with Gasteiger partial charge in [-0.3, -0.25) is 4.79 Å². The highest BCUT2D eigenvalue weighted by molar-refractivity contribution is 6.31. The Morgan fingerprint density at radius 3 is 3.12 bits per heavy atom. The van der Waals surface area contributed by atoms with Crippen molar-refractivity contribution in [3.63, 3.8) is 0 Å². The number of hydrogen-bond donors (Lipinski definition) is 1. The smallest absolute Gasteiger partial charge is 0.235 e. The summed E-state index contributed by atoms with van der Waals surface area (Å²) >= 11 is 6.04. The normalized spacial score (nSPS) is 29.3. The molecule has 1 aliphatic carbocycles. The van der Waals surface area contributed by atoms with Crippen molar-refractivity contribution in [2.24, 2.45) is 5.92 Å². The zero-order chi connectivity index (χ0) is 12.0. The highest BCUT2D eigenvalue weighted by atomic mass is 35.5. The molecule has 1 spiro atoms. The van der Waals surface area contributed by atoms with Gasteiger partial charge in [-0.2, -0.15) is 0 Å². The second-order valence-corrected chi connectivity index (χ2v) is 5.60. The molecule has 1 aromatic rings. The standard InChI is InChI=1S/C14H16ClNO/c1-2-3-4-9-8-14(9)11-7-10(15)5-6-12(11)16-13(14)17/h5-7,9H,2-4,8H2,1H3,(H,16,17). The molecule has 1 fully saturated rings. The summed E-state index contributed by atoms with van der Waals surface area (Å²) in [6, 6.07) is 5.71. The minimum absolute atomic E-state index is 0.177. The minimum Gasteiger partial charge on any atom is -0.325 e. The number of unbranched alkanes of at least 4 members (excludes halogenated alkanes) is 1. The van der Waals surface area contributed by atoms with Crippen LogP contribution in [0.15, 0.2) is 18.2 Å². The summed E-state index contributed by atoms with van der Waals surface area (Å²) in [7, 11) is 0. The van der Waals surface area contributed by atoms with Gasteiger partial charge in [-0.15, -0.1) is 0 Å². The van der Waals surface area contributed by atoms with Gasteiger partial charge in [0.25, 0.3) is 0 Å². The van der Waals surface area contributed by atoms with Gasteiger partial charge in [-0.1, -0.05) is 31.4 Å². The van der Waals surface area contributed by atoms with Crippen molar-refractivity contribution in [1.82, 2.24) is 0 Å². The summed E-state index contributed by atoms with van der Waals surface area (Å²) in [5.74, 6) is 0.693. The third-order valence-electron chi connectivity index (χ3n) is 4.13. The molecule has 1 aliphatic heterocycles.